The van der Waals surface area contributed by atoms with E-state index < -0.39 is 0 Å². The van der Waals surface area contributed by atoms with Crippen LogP contribution in [0.15, 0.2) is 24.3 Å². The van der Waals surface area contributed by atoms with Crippen LogP contribution in [0.4, 0.5) is 5.69 Å². The van der Waals surface area contributed by atoms with Gasteiger partial charge in [-0.05, 0) is 18.1 Å². The number of fused-ring (bicyclic) bond motifs is 1. The molecule has 1 aliphatic heterocycles. The molecule has 1 heterocycles. The maximum Gasteiger partial charge on any atom is 0.0606 e. The molecule has 1 aromatic rings. The molecule has 0 saturated carbocycles. The van der Waals surface area contributed by atoms with Gasteiger partial charge in [0.15, 0.2) is 0 Å². The van der Waals surface area contributed by atoms with Crippen molar-refractivity contribution in [1.29, 1.82) is 0 Å². The first-order valence-electron chi connectivity index (χ1n) is 5.00. The molecule has 1 unspecified atom stereocenters. The predicted octanol–water partition coefficient (Wildman–Crippen LogP) is 0.369. The van der Waals surface area contributed by atoms with Gasteiger partial charge in [0.2, 0.25) is 0 Å². The SMILES string of the molecule is NC1Cc2ccccc2N(CCO)C1. The van der Waals surface area contributed by atoms with Crippen LogP contribution < -0.4 is 10.6 Å². The molecule has 76 valence electrons. The van der Waals surface area contributed by atoms with E-state index >= 15 is 0 Å². The quantitative estimate of drug-likeness (QED) is 0.711. The third-order valence-electron chi connectivity index (χ3n) is 2.64. The fraction of sp³-hybridized carbons (Fsp3) is 0.455. The summed E-state index contributed by atoms with van der Waals surface area (Å²) in [5.74, 6) is 0. The van der Waals surface area contributed by atoms with E-state index in [0.717, 1.165) is 13.0 Å². The Kier molecular flexibility index (Phi) is 2.70. The van der Waals surface area contributed by atoms with Gasteiger partial charge in [0.1, 0.15) is 0 Å². The number of nitrogens with zero attached hydrogens (tertiary/aromatic N) is 1. The predicted molar refractivity (Wildman–Crippen MR) is 57.4 cm³/mol. The number of nitrogens with two attached hydrogens (primary N) is 1. The summed E-state index contributed by atoms with van der Waals surface area (Å²) in [5, 5.41) is 8.95. The number of anilines is 1. The molecule has 2 rings (SSSR count). The number of para-hydroxylation sites is 1. The van der Waals surface area contributed by atoms with Crippen molar-refractivity contribution in [3.8, 4) is 0 Å². The van der Waals surface area contributed by atoms with Crippen LogP contribution in [-0.2, 0) is 6.42 Å². The lowest BCUT2D eigenvalue weighted by Gasteiger charge is -2.34. The number of hydrogen-bond acceptors (Lipinski definition) is 3. The summed E-state index contributed by atoms with van der Waals surface area (Å²) in [7, 11) is 0. The number of β-amino-alcohol motifs (C(OH)–C–C–N with tert-alkyl or cyclic N) is 1. The van der Waals surface area contributed by atoms with Crippen molar-refractivity contribution in [1.82, 2.24) is 0 Å². The van der Waals surface area contributed by atoms with E-state index in [-0.39, 0.29) is 12.6 Å². The van der Waals surface area contributed by atoms with E-state index in [2.05, 4.69) is 17.0 Å². The molecule has 14 heavy (non-hydrogen) atoms. The van der Waals surface area contributed by atoms with Gasteiger partial charge >= 0.3 is 0 Å². The number of rotatable bonds is 2. The van der Waals surface area contributed by atoms with Gasteiger partial charge in [-0.25, -0.2) is 0 Å². The highest BCUT2D eigenvalue weighted by Gasteiger charge is 2.20. The van der Waals surface area contributed by atoms with Crippen molar-refractivity contribution >= 4 is 5.69 Å². The fourth-order valence-electron chi connectivity index (χ4n) is 2.05. The number of aliphatic hydroxyl groups excluding tert-OH is 1. The molecule has 0 aromatic heterocycles. The maximum atomic E-state index is 8.95. The Bertz CT molecular complexity index is 314. The monoisotopic (exact) mass is 192 g/mol. The molecule has 0 saturated heterocycles. The molecule has 0 aliphatic carbocycles. The van der Waals surface area contributed by atoms with E-state index in [1.54, 1.807) is 0 Å². The normalized spacial score (nSPS) is 20.7. The number of aliphatic hydroxyl groups is 1. The minimum Gasteiger partial charge on any atom is -0.395 e. The largest absolute Gasteiger partial charge is 0.395 e. The average Bonchev–Trinajstić information content (AvgIpc) is 2.18. The second-order valence-electron chi connectivity index (χ2n) is 3.76. The van der Waals surface area contributed by atoms with Gasteiger partial charge in [-0.15, -0.1) is 0 Å². The van der Waals surface area contributed by atoms with E-state index in [0.29, 0.717) is 6.54 Å². The minimum atomic E-state index is 0.182. The average molecular weight is 192 g/mol. The van der Waals surface area contributed by atoms with Crippen molar-refractivity contribution in [2.45, 2.75) is 12.5 Å². The van der Waals surface area contributed by atoms with Crippen LogP contribution in [-0.4, -0.2) is 30.8 Å². The molecule has 3 heteroatoms. The van der Waals surface area contributed by atoms with Gasteiger partial charge in [-0.3, -0.25) is 0 Å². The van der Waals surface area contributed by atoms with Gasteiger partial charge < -0.3 is 15.7 Å². The first kappa shape index (κ1) is 9.49. The molecule has 1 atom stereocenters. The topological polar surface area (TPSA) is 49.5 Å². The summed E-state index contributed by atoms with van der Waals surface area (Å²) in [4.78, 5) is 2.16. The Morgan fingerprint density at radius 3 is 3.00 bits per heavy atom. The second-order valence-corrected chi connectivity index (χ2v) is 3.76. The zero-order valence-corrected chi connectivity index (χ0v) is 8.19. The highest BCUT2D eigenvalue weighted by atomic mass is 16.3. The maximum absolute atomic E-state index is 8.95. The molecule has 3 nitrogen and oxygen atoms in total. The summed E-state index contributed by atoms with van der Waals surface area (Å²) in [6.07, 6.45) is 0.943. The summed E-state index contributed by atoms with van der Waals surface area (Å²) in [5.41, 5.74) is 8.46. The highest BCUT2D eigenvalue weighted by molar-refractivity contribution is 5.56. The molecule has 0 spiro atoms. The molecule has 3 N–H and O–H groups in total. The van der Waals surface area contributed by atoms with Gasteiger partial charge in [-0.1, -0.05) is 18.2 Å². The molecule has 1 aromatic carbocycles. The van der Waals surface area contributed by atoms with E-state index in [1.165, 1.54) is 11.3 Å². The van der Waals surface area contributed by atoms with Crippen LogP contribution >= 0.6 is 0 Å². The van der Waals surface area contributed by atoms with Crippen LogP contribution in [0.5, 0.6) is 0 Å². The Morgan fingerprint density at radius 2 is 2.21 bits per heavy atom. The summed E-state index contributed by atoms with van der Waals surface area (Å²) >= 11 is 0. The lowest BCUT2D eigenvalue weighted by Crippen LogP contribution is -2.44. The van der Waals surface area contributed by atoms with Crippen molar-refractivity contribution in [3.63, 3.8) is 0 Å². The molecule has 1 aliphatic rings. The van der Waals surface area contributed by atoms with Gasteiger partial charge in [0.05, 0.1) is 6.61 Å². The standard InChI is InChI=1S/C11H16N2O/c12-10-7-9-3-1-2-4-11(9)13(8-10)5-6-14/h1-4,10,14H,5-8,12H2. The first-order valence-corrected chi connectivity index (χ1v) is 5.00. The Balaban J connectivity index is 2.28. The third kappa shape index (κ3) is 1.74. The van der Waals surface area contributed by atoms with E-state index in [9.17, 15) is 0 Å². The lowest BCUT2D eigenvalue weighted by atomic mass is 9.98. The van der Waals surface area contributed by atoms with E-state index in [4.69, 9.17) is 10.8 Å². The summed E-state index contributed by atoms with van der Waals surface area (Å²) in [6.45, 7) is 1.70. The Morgan fingerprint density at radius 1 is 1.43 bits per heavy atom. The number of benzene rings is 1. The van der Waals surface area contributed by atoms with Gasteiger partial charge in [0.25, 0.3) is 0 Å². The summed E-state index contributed by atoms with van der Waals surface area (Å²) < 4.78 is 0. The molecule has 0 radical (unpaired) electrons. The van der Waals surface area contributed by atoms with Crippen LogP contribution in [0.3, 0.4) is 0 Å². The van der Waals surface area contributed by atoms with Crippen LogP contribution in [0.2, 0.25) is 0 Å². The smallest absolute Gasteiger partial charge is 0.0606 e. The third-order valence-corrected chi connectivity index (χ3v) is 2.64. The highest BCUT2D eigenvalue weighted by Crippen LogP contribution is 2.25. The minimum absolute atomic E-state index is 0.182. The second kappa shape index (κ2) is 3.98. The van der Waals surface area contributed by atoms with Crippen molar-refractivity contribution in [2.24, 2.45) is 5.73 Å². The molecular weight excluding hydrogens is 176 g/mol. The van der Waals surface area contributed by atoms with Gasteiger partial charge in [-0.2, -0.15) is 0 Å². The Labute approximate surface area is 84.1 Å². The zero-order chi connectivity index (χ0) is 9.97. The zero-order valence-electron chi connectivity index (χ0n) is 8.19. The first-order chi connectivity index (χ1) is 6.81. The molecule has 0 bridgehead atoms. The molecule has 0 fully saturated rings. The summed E-state index contributed by atoms with van der Waals surface area (Å²) in [6, 6.07) is 8.46. The van der Waals surface area contributed by atoms with Crippen molar-refractivity contribution in [2.75, 3.05) is 24.6 Å². The van der Waals surface area contributed by atoms with Crippen LogP contribution in [0, 0.1) is 0 Å². The molecule has 0 amide bonds. The van der Waals surface area contributed by atoms with Crippen LogP contribution in [0.25, 0.3) is 0 Å². The number of hydrogen-bond donors (Lipinski definition) is 2. The fourth-order valence-corrected chi connectivity index (χ4v) is 2.05. The van der Waals surface area contributed by atoms with Crippen LogP contribution in [0.1, 0.15) is 5.56 Å². The Hall–Kier alpha value is -1.06. The lowest BCUT2D eigenvalue weighted by molar-refractivity contribution is 0.300. The van der Waals surface area contributed by atoms with E-state index in [1.807, 2.05) is 12.1 Å². The van der Waals surface area contributed by atoms with Crippen molar-refractivity contribution in [3.05, 3.63) is 29.8 Å². The van der Waals surface area contributed by atoms with Crippen molar-refractivity contribution < 1.29 is 5.11 Å². The molecular formula is C11H16N2O. The van der Waals surface area contributed by atoms with Gasteiger partial charge in [0, 0.05) is 24.8 Å².